The van der Waals surface area contributed by atoms with Gasteiger partial charge in [-0.3, -0.25) is 9.59 Å². The van der Waals surface area contributed by atoms with Gasteiger partial charge in [-0.15, -0.1) is 0 Å². The summed E-state index contributed by atoms with van der Waals surface area (Å²) in [5.41, 5.74) is 8.07. The van der Waals surface area contributed by atoms with Gasteiger partial charge in [-0.1, -0.05) is 30.3 Å². The van der Waals surface area contributed by atoms with E-state index in [9.17, 15) is 9.59 Å². The van der Waals surface area contributed by atoms with Crippen LogP contribution in [0.2, 0.25) is 0 Å². The maximum Gasteiger partial charge on any atom is 0.260 e. The molecule has 0 aliphatic carbocycles. The molecule has 0 bridgehead atoms. The van der Waals surface area contributed by atoms with Crippen LogP contribution in [0, 0.1) is 0 Å². The zero-order valence-electron chi connectivity index (χ0n) is 18.3. The Hall–Kier alpha value is -3.02. The van der Waals surface area contributed by atoms with Crippen molar-refractivity contribution in [2.45, 2.75) is 44.1 Å². The molecule has 0 radical (unpaired) electrons. The molecule has 0 saturated carbocycles. The normalized spacial score (nSPS) is 22.8. The molecule has 31 heavy (non-hydrogen) atoms. The lowest BCUT2D eigenvalue weighted by Gasteiger charge is -2.33. The highest BCUT2D eigenvalue weighted by molar-refractivity contribution is 5.93. The average molecular weight is 422 g/mol. The number of benzene rings is 2. The number of likely N-dealkylation sites (tertiary alicyclic amines) is 1. The van der Waals surface area contributed by atoms with E-state index in [1.165, 1.54) is 6.42 Å². The first-order chi connectivity index (χ1) is 14.9. The monoisotopic (exact) mass is 421 g/mol. The fraction of sp³-hybridized carbons (Fsp3) is 0.440. The highest BCUT2D eigenvalue weighted by atomic mass is 16.5. The van der Waals surface area contributed by atoms with E-state index < -0.39 is 5.41 Å². The number of piperidine rings is 1. The number of nitrogens with zero attached hydrogens (tertiary/aromatic N) is 2. The Morgan fingerprint density at radius 3 is 2.48 bits per heavy atom. The lowest BCUT2D eigenvalue weighted by molar-refractivity contribution is -0.134. The molecule has 0 spiro atoms. The number of carbonyl (C=O) groups excluding carboxylic acids is 2. The maximum atomic E-state index is 12.9. The SMILES string of the molecule is CC1N(C)c2ccc(OCC(=O)N3CCCCC3)cc2C1(Cc1ccccc1)C(N)=O. The van der Waals surface area contributed by atoms with Crippen LogP contribution >= 0.6 is 0 Å². The molecule has 2 N–H and O–H groups in total. The third kappa shape index (κ3) is 3.87. The Morgan fingerprint density at radius 2 is 1.81 bits per heavy atom. The highest BCUT2D eigenvalue weighted by Gasteiger charge is 2.52. The summed E-state index contributed by atoms with van der Waals surface area (Å²) in [6, 6.07) is 15.6. The lowest BCUT2D eigenvalue weighted by Crippen LogP contribution is -2.52. The second-order valence-electron chi connectivity index (χ2n) is 8.69. The summed E-state index contributed by atoms with van der Waals surface area (Å²) in [6.07, 6.45) is 3.79. The van der Waals surface area contributed by atoms with Crippen molar-refractivity contribution in [3.8, 4) is 5.75 Å². The molecule has 2 aliphatic rings. The molecule has 164 valence electrons. The highest BCUT2D eigenvalue weighted by Crippen LogP contribution is 2.47. The Kier molecular flexibility index (Phi) is 5.90. The number of carbonyl (C=O) groups is 2. The van der Waals surface area contributed by atoms with Gasteiger partial charge >= 0.3 is 0 Å². The van der Waals surface area contributed by atoms with Crippen LogP contribution in [0.4, 0.5) is 5.69 Å². The third-order valence-corrected chi connectivity index (χ3v) is 6.96. The van der Waals surface area contributed by atoms with Gasteiger partial charge in [0, 0.05) is 31.9 Å². The van der Waals surface area contributed by atoms with E-state index in [0.717, 1.165) is 42.7 Å². The van der Waals surface area contributed by atoms with Gasteiger partial charge in [-0.2, -0.15) is 0 Å². The largest absolute Gasteiger partial charge is 0.484 e. The minimum atomic E-state index is -0.873. The number of hydrogen-bond acceptors (Lipinski definition) is 4. The predicted octanol–water partition coefficient (Wildman–Crippen LogP) is 2.88. The van der Waals surface area contributed by atoms with E-state index in [0.29, 0.717) is 12.2 Å². The third-order valence-electron chi connectivity index (χ3n) is 6.96. The summed E-state index contributed by atoms with van der Waals surface area (Å²) in [7, 11) is 1.99. The van der Waals surface area contributed by atoms with Crippen molar-refractivity contribution in [1.82, 2.24) is 4.90 Å². The van der Waals surface area contributed by atoms with Crippen LogP contribution in [0.3, 0.4) is 0 Å². The van der Waals surface area contributed by atoms with E-state index in [1.807, 2.05) is 67.4 Å². The number of nitrogens with two attached hydrogens (primary N) is 1. The van der Waals surface area contributed by atoms with Gasteiger partial charge in [0.2, 0.25) is 5.91 Å². The van der Waals surface area contributed by atoms with Crippen molar-refractivity contribution in [3.63, 3.8) is 0 Å². The van der Waals surface area contributed by atoms with E-state index >= 15 is 0 Å². The van der Waals surface area contributed by atoms with Crippen molar-refractivity contribution < 1.29 is 14.3 Å². The second kappa shape index (κ2) is 8.61. The minimum absolute atomic E-state index is 0.00639. The summed E-state index contributed by atoms with van der Waals surface area (Å²) in [4.78, 5) is 29.4. The molecule has 1 saturated heterocycles. The van der Waals surface area contributed by atoms with Crippen molar-refractivity contribution in [1.29, 1.82) is 0 Å². The second-order valence-corrected chi connectivity index (χ2v) is 8.69. The number of hydrogen-bond donors (Lipinski definition) is 1. The first-order valence-corrected chi connectivity index (χ1v) is 11.1. The summed E-state index contributed by atoms with van der Waals surface area (Å²) < 4.78 is 5.88. The zero-order chi connectivity index (χ0) is 22.0. The van der Waals surface area contributed by atoms with Crippen LogP contribution in [0.5, 0.6) is 5.75 Å². The molecular formula is C25H31N3O3. The fourth-order valence-corrected chi connectivity index (χ4v) is 5.00. The van der Waals surface area contributed by atoms with Gasteiger partial charge in [0.25, 0.3) is 5.91 Å². The number of fused-ring (bicyclic) bond motifs is 1. The van der Waals surface area contributed by atoms with E-state index in [2.05, 4.69) is 4.90 Å². The molecular weight excluding hydrogens is 390 g/mol. The average Bonchev–Trinajstić information content (AvgIpc) is 3.01. The van der Waals surface area contributed by atoms with Crippen LogP contribution in [-0.2, 0) is 21.4 Å². The Labute approximate surface area is 184 Å². The first-order valence-electron chi connectivity index (χ1n) is 11.1. The predicted molar refractivity (Wildman–Crippen MR) is 121 cm³/mol. The molecule has 6 heteroatoms. The van der Waals surface area contributed by atoms with Gasteiger partial charge < -0.3 is 20.3 Å². The molecule has 2 amide bonds. The van der Waals surface area contributed by atoms with Crippen molar-refractivity contribution >= 4 is 17.5 Å². The van der Waals surface area contributed by atoms with Gasteiger partial charge in [0.1, 0.15) is 5.75 Å². The number of amides is 2. The fourth-order valence-electron chi connectivity index (χ4n) is 5.00. The van der Waals surface area contributed by atoms with Crippen LogP contribution < -0.4 is 15.4 Å². The summed E-state index contributed by atoms with van der Waals surface area (Å²) in [5.74, 6) is 0.248. The van der Waals surface area contributed by atoms with Crippen molar-refractivity contribution in [3.05, 3.63) is 59.7 Å². The quantitative estimate of drug-likeness (QED) is 0.778. The maximum absolute atomic E-state index is 12.9. The molecule has 2 atom stereocenters. The lowest BCUT2D eigenvalue weighted by atomic mass is 9.72. The van der Waals surface area contributed by atoms with Crippen LogP contribution in [0.25, 0.3) is 0 Å². The number of rotatable bonds is 6. The van der Waals surface area contributed by atoms with Gasteiger partial charge in [0.05, 0.1) is 5.41 Å². The molecule has 2 unspecified atom stereocenters. The molecule has 2 aliphatic heterocycles. The Bertz CT molecular complexity index is 956. The topological polar surface area (TPSA) is 75.9 Å². The summed E-state index contributed by atoms with van der Waals surface area (Å²) in [6.45, 7) is 3.65. The standard InChI is InChI=1S/C25H31N3O3/c1-18-25(24(26)30,16-19-9-5-3-6-10-19)21-15-20(11-12-22(21)27(18)2)31-17-23(29)28-13-7-4-8-14-28/h3,5-6,9-12,15,18H,4,7-8,13-14,16-17H2,1-2H3,(H2,26,30). The molecule has 2 heterocycles. The van der Waals surface area contributed by atoms with Crippen LogP contribution in [0.1, 0.15) is 37.3 Å². The molecule has 2 aromatic carbocycles. The number of anilines is 1. The van der Waals surface area contributed by atoms with Gasteiger partial charge in [-0.25, -0.2) is 0 Å². The number of ether oxygens (including phenoxy) is 1. The first kappa shape index (κ1) is 21.2. The van der Waals surface area contributed by atoms with E-state index in [-0.39, 0.29) is 24.5 Å². The minimum Gasteiger partial charge on any atom is -0.484 e. The molecule has 2 aromatic rings. The Morgan fingerprint density at radius 1 is 1.10 bits per heavy atom. The number of primary amides is 1. The number of likely N-dealkylation sites (N-methyl/N-ethyl adjacent to an activating group) is 1. The molecule has 4 rings (SSSR count). The summed E-state index contributed by atoms with van der Waals surface area (Å²) >= 11 is 0. The molecule has 1 fully saturated rings. The summed E-state index contributed by atoms with van der Waals surface area (Å²) in [5, 5.41) is 0. The van der Waals surface area contributed by atoms with Crippen LogP contribution in [-0.4, -0.2) is 49.5 Å². The van der Waals surface area contributed by atoms with Crippen molar-refractivity contribution in [2.75, 3.05) is 31.6 Å². The van der Waals surface area contributed by atoms with Gasteiger partial charge in [0.15, 0.2) is 6.61 Å². The Balaban J connectivity index is 1.61. The van der Waals surface area contributed by atoms with Crippen molar-refractivity contribution in [2.24, 2.45) is 5.73 Å². The molecule has 6 nitrogen and oxygen atoms in total. The van der Waals surface area contributed by atoms with Gasteiger partial charge in [-0.05, 0) is 61.9 Å². The zero-order valence-corrected chi connectivity index (χ0v) is 18.3. The molecule has 0 aromatic heterocycles. The van der Waals surface area contributed by atoms with E-state index in [1.54, 1.807) is 0 Å². The van der Waals surface area contributed by atoms with E-state index in [4.69, 9.17) is 10.5 Å². The van der Waals surface area contributed by atoms with Crippen LogP contribution in [0.15, 0.2) is 48.5 Å². The smallest absolute Gasteiger partial charge is 0.260 e.